The third-order valence-corrected chi connectivity index (χ3v) is 2.57. The highest BCUT2D eigenvalue weighted by molar-refractivity contribution is 5.66. The molecular weight excluding hydrogens is 234 g/mol. The summed E-state index contributed by atoms with van der Waals surface area (Å²) >= 11 is 0. The monoisotopic (exact) mass is 253 g/mol. The van der Waals surface area contributed by atoms with Gasteiger partial charge in [-0.05, 0) is 6.42 Å². The van der Waals surface area contributed by atoms with E-state index in [9.17, 15) is 9.59 Å². The minimum Gasteiger partial charge on any atom is -0.481 e. The van der Waals surface area contributed by atoms with Gasteiger partial charge in [-0.3, -0.25) is 9.59 Å². The SMILES string of the molecule is CC(C)c1nc(N(C)CCCC(=O)O)cc(=O)[nH]1. The molecule has 0 amide bonds. The van der Waals surface area contributed by atoms with E-state index in [0.29, 0.717) is 24.6 Å². The van der Waals surface area contributed by atoms with Crippen molar-refractivity contribution in [2.45, 2.75) is 32.6 Å². The average molecular weight is 253 g/mol. The predicted molar refractivity (Wildman–Crippen MR) is 69.1 cm³/mol. The van der Waals surface area contributed by atoms with Crippen LogP contribution in [-0.2, 0) is 4.79 Å². The molecule has 0 bridgehead atoms. The molecule has 1 rings (SSSR count). The lowest BCUT2D eigenvalue weighted by Gasteiger charge is -2.18. The number of aliphatic carboxylic acids is 1. The molecule has 0 aliphatic rings. The Bertz CT molecular complexity index is 468. The summed E-state index contributed by atoms with van der Waals surface area (Å²) in [5.74, 6) is 0.547. The summed E-state index contributed by atoms with van der Waals surface area (Å²) in [7, 11) is 1.80. The summed E-state index contributed by atoms with van der Waals surface area (Å²) in [5, 5.41) is 8.57. The Morgan fingerprint density at radius 1 is 1.56 bits per heavy atom. The molecule has 0 spiro atoms. The van der Waals surface area contributed by atoms with Crippen molar-refractivity contribution < 1.29 is 9.90 Å². The fourth-order valence-corrected chi connectivity index (χ4v) is 1.51. The Morgan fingerprint density at radius 3 is 2.78 bits per heavy atom. The summed E-state index contributed by atoms with van der Waals surface area (Å²) in [6, 6.07) is 1.42. The number of anilines is 1. The Kier molecular flexibility index (Phi) is 4.88. The zero-order valence-corrected chi connectivity index (χ0v) is 10.9. The van der Waals surface area contributed by atoms with Gasteiger partial charge >= 0.3 is 5.97 Å². The number of hydrogen-bond donors (Lipinski definition) is 2. The number of aromatic amines is 1. The second-order valence-corrected chi connectivity index (χ2v) is 4.56. The van der Waals surface area contributed by atoms with Crippen LogP contribution in [0.5, 0.6) is 0 Å². The van der Waals surface area contributed by atoms with E-state index in [1.54, 1.807) is 11.9 Å². The number of H-pyrrole nitrogens is 1. The maximum Gasteiger partial charge on any atom is 0.303 e. The molecule has 6 heteroatoms. The second kappa shape index (κ2) is 6.18. The van der Waals surface area contributed by atoms with Gasteiger partial charge in [0.25, 0.3) is 5.56 Å². The van der Waals surface area contributed by atoms with Crippen LogP contribution in [0.3, 0.4) is 0 Å². The van der Waals surface area contributed by atoms with E-state index < -0.39 is 5.97 Å². The van der Waals surface area contributed by atoms with Gasteiger partial charge in [0.05, 0.1) is 0 Å². The van der Waals surface area contributed by atoms with Crippen molar-refractivity contribution in [1.29, 1.82) is 0 Å². The van der Waals surface area contributed by atoms with Crippen molar-refractivity contribution in [3.05, 3.63) is 22.2 Å². The van der Waals surface area contributed by atoms with Crippen LogP contribution < -0.4 is 10.5 Å². The molecule has 18 heavy (non-hydrogen) atoms. The largest absolute Gasteiger partial charge is 0.481 e. The normalized spacial score (nSPS) is 10.7. The molecule has 1 aromatic heterocycles. The zero-order chi connectivity index (χ0) is 13.7. The summed E-state index contributed by atoms with van der Waals surface area (Å²) in [6.07, 6.45) is 0.641. The first kappa shape index (κ1) is 14.2. The van der Waals surface area contributed by atoms with E-state index in [0.717, 1.165) is 0 Å². The highest BCUT2D eigenvalue weighted by Gasteiger charge is 2.09. The van der Waals surface area contributed by atoms with Crippen molar-refractivity contribution in [2.75, 3.05) is 18.5 Å². The van der Waals surface area contributed by atoms with Crippen LogP contribution in [0.15, 0.2) is 10.9 Å². The molecule has 1 aromatic rings. The van der Waals surface area contributed by atoms with Crippen molar-refractivity contribution in [3.8, 4) is 0 Å². The lowest BCUT2D eigenvalue weighted by Crippen LogP contribution is -2.24. The van der Waals surface area contributed by atoms with E-state index >= 15 is 0 Å². The molecular formula is C12H19N3O3. The third-order valence-electron chi connectivity index (χ3n) is 2.57. The molecule has 2 N–H and O–H groups in total. The van der Waals surface area contributed by atoms with E-state index in [4.69, 9.17) is 5.11 Å². The lowest BCUT2D eigenvalue weighted by atomic mass is 10.2. The van der Waals surface area contributed by atoms with Gasteiger partial charge in [-0.15, -0.1) is 0 Å². The highest BCUT2D eigenvalue weighted by Crippen LogP contribution is 2.12. The molecule has 100 valence electrons. The molecule has 0 saturated carbocycles. The van der Waals surface area contributed by atoms with Gasteiger partial charge in [-0.1, -0.05) is 13.8 Å². The van der Waals surface area contributed by atoms with Crippen LogP contribution in [0.25, 0.3) is 0 Å². The second-order valence-electron chi connectivity index (χ2n) is 4.56. The minimum absolute atomic E-state index is 0.116. The van der Waals surface area contributed by atoms with Gasteiger partial charge in [0, 0.05) is 32.0 Å². The number of aromatic nitrogens is 2. The van der Waals surface area contributed by atoms with Crippen molar-refractivity contribution >= 4 is 11.8 Å². The number of nitrogens with zero attached hydrogens (tertiary/aromatic N) is 2. The molecule has 0 atom stereocenters. The lowest BCUT2D eigenvalue weighted by molar-refractivity contribution is -0.137. The Morgan fingerprint density at radius 2 is 2.22 bits per heavy atom. The highest BCUT2D eigenvalue weighted by atomic mass is 16.4. The van der Waals surface area contributed by atoms with Gasteiger partial charge in [0.2, 0.25) is 0 Å². The molecule has 0 aliphatic carbocycles. The summed E-state index contributed by atoms with van der Waals surface area (Å²) in [6.45, 7) is 4.46. The first-order valence-corrected chi connectivity index (χ1v) is 5.94. The fourth-order valence-electron chi connectivity index (χ4n) is 1.51. The third kappa shape index (κ3) is 4.20. The molecule has 6 nitrogen and oxygen atoms in total. The van der Waals surface area contributed by atoms with E-state index in [2.05, 4.69) is 9.97 Å². The summed E-state index contributed by atoms with van der Waals surface area (Å²) in [5.41, 5.74) is -0.186. The van der Waals surface area contributed by atoms with Crippen LogP contribution >= 0.6 is 0 Å². The number of carbonyl (C=O) groups is 1. The van der Waals surface area contributed by atoms with Crippen LogP contribution in [-0.4, -0.2) is 34.6 Å². The molecule has 0 aromatic carbocycles. The average Bonchev–Trinajstić information content (AvgIpc) is 2.27. The van der Waals surface area contributed by atoms with Gasteiger partial charge < -0.3 is 15.0 Å². The first-order chi connectivity index (χ1) is 8.40. The van der Waals surface area contributed by atoms with Gasteiger partial charge in [0.15, 0.2) is 0 Å². The van der Waals surface area contributed by atoms with Gasteiger partial charge in [-0.25, -0.2) is 4.98 Å². The Balaban J connectivity index is 2.76. The smallest absolute Gasteiger partial charge is 0.303 e. The van der Waals surface area contributed by atoms with Gasteiger partial charge in [-0.2, -0.15) is 0 Å². The Hall–Kier alpha value is -1.85. The molecule has 0 radical (unpaired) electrons. The standard InChI is InChI=1S/C12H19N3O3/c1-8(2)12-13-9(7-10(16)14-12)15(3)6-4-5-11(17)18/h7-8H,4-6H2,1-3H3,(H,17,18)(H,13,14,16). The first-order valence-electron chi connectivity index (χ1n) is 5.94. The topological polar surface area (TPSA) is 86.3 Å². The quantitative estimate of drug-likeness (QED) is 0.795. The van der Waals surface area contributed by atoms with Gasteiger partial charge in [0.1, 0.15) is 11.6 Å². The van der Waals surface area contributed by atoms with Crippen LogP contribution in [0, 0.1) is 0 Å². The van der Waals surface area contributed by atoms with Crippen LogP contribution in [0.4, 0.5) is 5.82 Å². The zero-order valence-electron chi connectivity index (χ0n) is 10.9. The summed E-state index contributed by atoms with van der Waals surface area (Å²) < 4.78 is 0. The number of nitrogens with one attached hydrogen (secondary N) is 1. The fraction of sp³-hybridized carbons (Fsp3) is 0.583. The van der Waals surface area contributed by atoms with Crippen LogP contribution in [0.2, 0.25) is 0 Å². The molecule has 0 aliphatic heterocycles. The predicted octanol–water partition coefficient (Wildman–Crippen LogP) is 1.19. The molecule has 0 fully saturated rings. The van der Waals surface area contributed by atoms with E-state index in [1.165, 1.54) is 6.07 Å². The minimum atomic E-state index is -0.815. The maximum absolute atomic E-state index is 11.5. The van der Waals surface area contributed by atoms with E-state index in [-0.39, 0.29) is 17.9 Å². The van der Waals surface area contributed by atoms with Crippen LogP contribution in [0.1, 0.15) is 38.4 Å². The van der Waals surface area contributed by atoms with Crippen molar-refractivity contribution in [3.63, 3.8) is 0 Å². The maximum atomic E-state index is 11.5. The van der Waals surface area contributed by atoms with E-state index in [1.807, 2.05) is 13.8 Å². The molecule has 0 saturated heterocycles. The van der Waals surface area contributed by atoms with Crippen molar-refractivity contribution in [2.24, 2.45) is 0 Å². The van der Waals surface area contributed by atoms with Crippen molar-refractivity contribution in [1.82, 2.24) is 9.97 Å². The number of hydrogen-bond acceptors (Lipinski definition) is 4. The Labute approximate surface area is 106 Å². The number of carboxylic acid groups (broad SMARTS) is 1. The summed E-state index contributed by atoms with van der Waals surface area (Å²) in [4.78, 5) is 30.7. The molecule has 0 unspecified atom stereocenters. The number of rotatable bonds is 6. The molecule has 1 heterocycles. The number of carboxylic acids is 1.